The van der Waals surface area contributed by atoms with Crippen molar-refractivity contribution >= 4 is 5.97 Å². The zero-order chi connectivity index (χ0) is 13.8. The Morgan fingerprint density at radius 3 is 2.32 bits per heavy atom. The van der Waals surface area contributed by atoms with E-state index in [0.29, 0.717) is 0 Å². The number of aliphatic hydroxyl groups is 1. The summed E-state index contributed by atoms with van der Waals surface area (Å²) < 4.78 is 0. The van der Waals surface area contributed by atoms with Crippen molar-refractivity contribution in [3.05, 3.63) is 35.4 Å². The van der Waals surface area contributed by atoms with Crippen LogP contribution in [-0.2, 0) is 4.79 Å². The molecule has 1 atom stereocenters. The lowest BCUT2D eigenvalue weighted by atomic mass is 9.92. The van der Waals surface area contributed by atoms with Crippen molar-refractivity contribution < 1.29 is 15.0 Å². The summed E-state index contributed by atoms with van der Waals surface area (Å²) in [5.74, 6) is -0.852. The van der Waals surface area contributed by atoms with Crippen LogP contribution in [0.2, 0.25) is 0 Å². The molecular weight excluding hydrogens is 242 g/mol. The minimum Gasteiger partial charge on any atom is -0.480 e. The number of hydrogen-bond acceptors (Lipinski definition) is 3. The lowest BCUT2D eigenvalue weighted by Crippen LogP contribution is -2.40. The van der Waals surface area contributed by atoms with Gasteiger partial charge in [-0.25, -0.2) is 0 Å². The van der Waals surface area contributed by atoms with Crippen LogP contribution in [0.4, 0.5) is 0 Å². The molecule has 2 rings (SSSR count). The highest BCUT2D eigenvalue weighted by Crippen LogP contribution is 2.22. The second-order valence-corrected chi connectivity index (χ2v) is 5.35. The van der Waals surface area contributed by atoms with Crippen LogP contribution >= 0.6 is 0 Å². The lowest BCUT2D eigenvalue weighted by molar-refractivity contribution is -0.140. The molecule has 3 N–H and O–H groups in total. The van der Waals surface area contributed by atoms with Crippen LogP contribution < -0.4 is 5.32 Å². The first-order valence-electron chi connectivity index (χ1n) is 6.79. The van der Waals surface area contributed by atoms with Gasteiger partial charge >= 0.3 is 5.97 Å². The van der Waals surface area contributed by atoms with Crippen molar-refractivity contribution in [3.8, 4) is 0 Å². The Kier molecular flexibility index (Phi) is 4.56. The van der Waals surface area contributed by atoms with E-state index in [1.165, 1.54) is 0 Å². The summed E-state index contributed by atoms with van der Waals surface area (Å²) in [5.41, 5.74) is 1.90. The molecule has 19 heavy (non-hydrogen) atoms. The molecule has 1 aromatic carbocycles. The highest BCUT2D eigenvalue weighted by molar-refractivity contribution is 5.75. The molecule has 0 heterocycles. The average molecular weight is 263 g/mol. The average Bonchev–Trinajstić information content (AvgIpc) is 2.39. The van der Waals surface area contributed by atoms with Crippen molar-refractivity contribution in [1.29, 1.82) is 0 Å². The third-order valence-electron chi connectivity index (χ3n) is 3.76. The number of nitrogens with one attached hydrogen (secondary N) is 1. The molecule has 1 saturated carbocycles. The number of benzene rings is 1. The number of carboxylic acids is 1. The summed E-state index contributed by atoms with van der Waals surface area (Å²) >= 11 is 0. The largest absolute Gasteiger partial charge is 0.480 e. The van der Waals surface area contributed by atoms with E-state index in [4.69, 9.17) is 0 Å². The monoisotopic (exact) mass is 263 g/mol. The fourth-order valence-corrected chi connectivity index (χ4v) is 2.55. The Balaban J connectivity index is 2.04. The van der Waals surface area contributed by atoms with Crippen LogP contribution in [0.1, 0.15) is 42.9 Å². The van der Waals surface area contributed by atoms with Crippen LogP contribution in [0.3, 0.4) is 0 Å². The van der Waals surface area contributed by atoms with Gasteiger partial charge in [0.1, 0.15) is 6.04 Å². The van der Waals surface area contributed by atoms with Gasteiger partial charge < -0.3 is 10.2 Å². The van der Waals surface area contributed by atoms with Crippen LogP contribution in [0, 0.1) is 6.92 Å². The standard InChI is InChI=1S/C15H21NO3/c1-10-2-4-11(5-3-10)14(15(18)19)16-12-6-8-13(17)9-7-12/h2-5,12-14,16-17H,6-9H2,1H3,(H,18,19). The minimum absolute atomic E-state index is 0.172. The zero-order valence-electron chi connectivity index (χ0n) is 11.2. The van der Waals surface area contributed by atoms with E-state index in [-0.39, 0.29) is 12.1 Å². The molecule has 1 unspecified atom stereocenters. The summed E-state index contributed by atoms with van der Waals surface area (Å²) in [6, 6.07) is 7.08. The van der Waals surface area contributed by atoms with Crippen LogP contribution in [-0.4, -0.2) is 28.3 Å². The first-order valence-corrected chi connectivity index (χ1v) is 6.79. The van der Waals surface area contributed by atoms with Gasteiger partial charge in [-0.05, 0) is 38.2 Å². The van der Waals surface area contributed by atoms with Gasteiger partial charge in [0.2, 0.25) is 0 Å². The van der Waals surface area contributed by atoms with E-state index >= 15 is 0 Å². The molecule has 0 bridgehead atoms. The highest BCUT2D eigenvalue weighted by atomic mass is 16.4. The van der Waals surface area contributed by atoms with Gasteiger partial charge in [0.05, 0.1) is 6.10 Å². The molecule has 0 amide bonds. The summed E-state index contributed by atoms with van der Waals surface area (Å²) in [5, 5.41) is 22.0. The van der Waals surface area contributed by atoms with Crippen molar-refractivity contribution in [3.63, 3.8) is 0 Å². The Morgan fingerprint density at radius 2 is 1.79 bits per heavy atom. The van der Waals surface area contributed by atoms with Gasteiger partial charge in [-0.15, -0.1) is 0 Å². The van der Waals surface area contributed by atoms with Gasteiger partial charge in [0.25, 0.3) is 0 Å². The molecule has 1 aliphatic rings. The van der Waals surface area contributed by atoms with Crippen molar-refractivity contribution in [2.45, 2.75) is 50.8 Å². The molecule has 0 spiro atoms. The van der Waals surface area contributed by atoms with Gasteiger partial charge in [-0.3, -0.25) is 10.1 Å². The molecule has 0 aliphatic heterocycles. The Bertz CT molecular complexity index is 422. The molecule has 0 radical (unpaired) electrons. The molecule has 4 heteroatoms. The number of rotatable bonds is 4. The van der Waals surface area contributed by atoms with Crippen molar-refractivity contribution in [2.75, 3.05) is 0 Å². The minimum atomic E-state index is -0.852. The topological polar surface area (TPSA) is 69.6 Å². The highest BCUT2D eigenvalue weighted by Gasteiger charge is 2.26. The number of carboxylic acid groups (broad SMARTS) is 1. The molecule has 0 saturated heterocycles. The van der Waals surface area contributed by atoms with Crippen molar-refractivity contribution in [1.82, 2.24) is 5.32 Å². The summed E-state index contributed by atoms with van der Waals surface area (Å²) in [4.78, 5) is 11.4. The maximum atomic E-state index is 11.4. The third kappa shape index (κ3) is 3.78. The molecule has 4 nitrogen and oxygen atoms in total. The molecular formula is C15H21NO3. The molecule has 1 fully saturated rings. The fraction of sp³-hybridized carbons (Fsp3) is 0.533. The summed E-state index contributed by atoms with van der Waals surface area (Å²) in [7, 11) is 0. The summed E-state index contributed by atoms with van der Waals surface area (Å²) in [6.45, 7) is 1.98. The predicted molar refractivity (Wildman–Crippen MR) is 73.0 cm³/mol. The van der Waals surface area contributed by atoms with Gasteiger partial charge in [0, 0.05) is 6.04 Å². The second kappa shape index (κ2) is 6.17. The fourth-order valence-electron chi connectivity index (χ4n) is 2.55. The number of aryl methyl sites for hydroxylation is 1. The zero-order valence-corrected chi connectivity index (χ0v) is 11.2. The number of aliphatic hydroxyl groups excluding tert-OH is 1. The molecule has 1 aliphatic carbocycles. The van der Waals surface area contributed by atoms with E-state index in [1.807, 2.05) is 31.2 Å². The van der Waals surface area contributed by atoms with Crippen LogP contribution in [0.25, 0.3) is 0 Å². The molecule has 0 aromatic heterocycles. The smallest absolute Gasteiger partial charge is 0.325 e. The summed E-state index contributed by atoms with van der Waals surface area (Å²) in [6.07, 6.45) is 2.93. The number of carbonyl (C=O) groups is 1. The van der Waals surface area contributed by atoms with Gasteiger partial charge in [0.15, 0.2) is 0 Å². The Labute approximate surface area is 113 Å². The van der Waals surface area contributed by atoms with E-state index in [9.17, 15) is 15.0 Å². The van der Waals surface area contributed by atoms with E-state index in [0.717, 1.165) is 36.8 Å². The Hall–Kier alpha value is -1.39. The third-order valence-corrected chi connectivity index (χ3v) is 3.76. The van der Waals surface area contributed by atoms with E-state index < -0.39 is 12.0 Å². The van der Waals surface area contributed by atoms with Crippen LogP contribution in [0.15, 0.2) is 24.3 Å². The van der Waals surface area contributed by atoms with Crippen molar-refractivity contribution in [2.24, 2.45) is 0 Å². The van der Waals surface area contributed by atoms with Gasteiger partial charge in [-0.2, -0.15) is 0 Å². The second-order valence-electron chi connectivity index (χ2n) is 5.35. The van der Waals surface area contributed by atoms with Gasteiger partial charge in [-0.1, -0.05) is 29.8 Å². The predicted octanol–water partition coefficient (Wildman–Crippen LogP) is 2.01. The van der Waals surface area contributed by atoms with E-state index in [1.54, 1.807) is 0 Å². The van der Waals surface area contributed by atoms with Crippen LogP contribution in [0.5, 0.6) is 0 Å². The van der Waals surface area contributed by atoms with E-state index in [2.05, 4.69) is 5.32 Å². The number of aliphatic carboxylic acids is 1. The SMILES string of the molecule is Cc1ccc(C(NC2CCC(O)CC2)C(=O)O)cc1. The molecule has 1 aromatic rings. The quantitative estimate of drug-likeness (QED) is 0.777. The first-order chi connectivity index (χ1) is 9.06. The maximum absolute atomic E-state index is 11.4. The maximum Gasteiger partial charge on any atom is 0.325 e. The first kappa shape index (κ1) is 14.0. The normalized spacial score (nSPS) is 24.9. The molecule has 104 valence electrons. The number of hydrogen-bond donors (Lipinski definition) is 3. The Morgan fingerprint density at radius 1 is 1.21 bits per heavy atom. The lowest BCUT2D eigenvalue weighted by Gasteiger charge is -2.29.